The first-order valence-electron chi connectivity index (χ1n) is 7.70. The summed E-state index contributed by atoms with van der Waals surface area (Å²) in [5, 5.41) is 13.2. The summed E-state index contributed by atoms with van der Waals surface area (Å²) < 4.78 is 2.08. The van der Waals surface area contributed by atoms with E-state index in [1.165, 1.54) is 0 Å². The lowest BCUT2D eigenvalue weighted by Gasteiger charge is -2.40. The van der Waals surface area contributed by atoms with E-state index in [0.29, 0.717) is 27.8 Å². The van der Waals surface area contributed by atoms with E-state index in [2.05, 4.69) is 61.2 Å². The lowest BCUT2D eigenvalue weighted by Crippen LogP contribution is -2.61. The van der Waals surface area contributed by atoms with Gasteiger partial charge in [0.05, 0.1) is 49.3 Å². The van der Waals surface area contributed by atoms with Crippen molar-refractivity contribution in [2.24, 2.45) is 0 Å². The Balaban J connectivity index is -0.000000735. The summed E-state index contributed by atoms with van der Waals surface area (Å²) in [5.74, 6) is -0.110. The average molecular weight is 363 g/mol. The lowest BCUT2D eigenvalue weighted by atomic mass is 10.2. The highest BCUT2D eigenvalue weighted by Crippen LogP contribution is 2.08. The van der Waals surface area contributed by atoms with Crippen molar-refractivity contribution in [2.75, 3.05) is 75.8 Å². The van der Waals surface area contributed by atoms with Crippen molar-refractivity contribution in [3.8, 4) is 0 Å². The molecule has 25 heavy (non-hydrogen) atoms. The van der Waals surface area contributed by atoms with Crippen LogP contribution < -0.4 is 5.32 Å². The molecule has 0 aromatic heterocycles. The van der Waals surface area contributed by atoms with Gasteiger partial charge in [0.2, 0.25) is 6.67 Å². The first kappa shape index (κ1) is 31.8. The lowest BCUT2D eigenvalue weighted by molar-refractivity contribution is -1.07. The number of nitrogens with one attached hydrogen (secondary N) is 1. The van der Waals surface area contributed by atoms with E-state index in [9.17, 15) is 9.90 Å². The molecule has 0 rings (SSSR count). The molecule has 0 saturated carbocycles. The van der Waals surface area contributed by atoms with Gasteiger partial charge < -0.3 is 37.2 Å². The maximum atomic E-state index is 11.6. The zero-order valence-corrected chi connectivity index (χ0v) is 18.8. The van der Waals surface area contributed by atoms with Crippen LogP contribution in [0.15, 0.2) is 12.2 Å². The monoisotopic (exact) mass is 362 g/mol. The Morgan fingerprint density at radius 3 is 1.76 bits per heavy atom. The number of amides is 1. The van der Waals surface area contributed by atoms with E-state index in [1.807, 2.05) is 0 Å². The van der Waals surface area contributed by atoms with E-state index in [4.69, 9.17) is 0 Å². The molecule has 0 spiro atoms. The molecular weight excluding hydrogens is 316 g/mol. The van der Waals surface area contributed by atoms with Crippen LogP contribution in [0.4, 0.5) is 0 Å². The SMILES string of the molecule is C=C(C)C(=O)NC[N+](C)(C)C[N+](C)(C)CC(O)C[N+](C)(C)C.[CH3-].[CH3-].[CH3-]. The summed E-state index contributed by atoms with van der Waals surface area (Å²) in [6.45, 7) is 8.11. The van der Waals surface area contributed by atoms with Crippen LogP contribution in [-0.4, -0.2) is 106 Å². The zero-order chi connectivity index (χ0) is 17.8. The summed E-state index contributed by atoms with van der Waals surface area (Å²) in [6, 6.07) is 0. The molecule has 0 aliphatic rings. The quantitative estimate of drug-likeness (QED) is 0.280. The highest BCUT2D eigenvalue weighted by Gasteiger charge is 2.31. The van der Waals surface area contributed by atoms with Crippen LogP contribution in [0.2, 0.25) is 0 Å². The Hall–Kier alpha value is -0.950. The first-order chi connectivity index (χ1) is 9.64. The van der Waals surface area contributed by atoms with E-state index in [0.717, 1.165) is 17.7 Å². The molecule has 6 heteroatoms. The van der Waals surface area contributed by atoms with E-state index in [-0.39, 0.29) is 34.3 Å². The molecular formula is C19H46N4O2. The number of rotatable bonds is 9. The second kappa shape index (κ2) is 11.6. The fourth-order valence-corrected chi connectivity index (χ4v) is 2.84. The van der Waals surface area contributed by atoms with E-state index in [1.54, 1.807) is 6.92 Å². The van der Waals surface area contributed by atoms with Crippen LogP contribution in [-0.2, 0) is 4.79 Å². The van der Waals surface area contributed by atoms with Gasteiger partial charge in [-0.3, -0.25) is 13.8 Å². The number of carbonyl (C=O) groups excluding carboxylic acids is 1. The summed E-state index contributed by atoms with van der Waals surface area (Å²) in [6.07, 6.45) is -0.347. The second-order valence-electron chi connectivity index (χ2n) is 8.77. The number of aliphatic hydroxyl groups excluding tert-OH is 1. The molecule has 0 aliphatic heterocycles. The summed E-state index contributed by atoms with van der Waals surface area (Å²) in [5.41, 5.74) is 0.520. The largest absolute Gasteiger partial charge is 0.382 e. The smallest absolute Gasteiger partial charge is 0.250 e. The minimum Gasteiger partial charge on any atom is -0.382 e. The number of aliphatic hydroxyl groups is 1. The Morgan fingerprint density at radius 2 is 1.40 bits per heavy atom. The molecule has 1 unspecified atom stereocenters. The molecule has 0 aromatic carbocycles. The Kier molecular flexibility index (Phi) is 14.8. The minimum atomic E-state index is -0.347. The van der Waals surface area contributed by atoms with Gasteiger partial charge in [0.15, 0.2) is 12.8 Å². The van der Waals surface area contributed by atoms with Gasteiger partial charge in [0.25, 0.3) is 5.91 Å². The van der Waals surface area contributed by atoms with Crippen LogP contribution >= 0.6 is 0 Å². The zero-order valence-electron chi connectivity index (χ0n) is 18.8. The fraction of sp³-hybridized carbons (Fsp3) is 0.684. The number of likely N-dealkylation sites (N-methyl/N-ethyl adjacent to an activating group) is 2. The molecule has 0 fully saturated rings. The van der Waals surface area contributed by atoms with Crippen LogP contribution in [0.1, 0.15) is 6.92 Å². The molecule has 0 aromatic rings. The predicted molar refractivity (Wildman–Crippen MR) is 110 cm³/mol. The maximum Gasteiger partial charge on any atom is 0.250 e. The van der Waals surface area contributed by atoms with Crippen LogP contribution in [0.5, 0.6) is 0 Å². The van der Waals surface area contributed by atoms with Gasteiger partial charge in [-0.1, -0.05) is 6.58 Å². The third kappa shape index (κ3) is 16.3. The van der Waals surface area contributed by atoms with Crippen LogP contribution in [0.3, 0.4) is 0 Å². The molecule has 2 N–H and O–H groups in total. The van der Waals surface area contributed by atoms with E-state index >= 15 is 0 Å². The fourth-order valence-electron chi connectivity index (χ4n) is 2.84. The Bertz CT molecular complexity index is 399. The highest BCUT2D eigenvalue weighted by atomic mass is 16.3. The summed E-state index contributed by atoms with van der Waals surface area (Å²) >= 11 is 0. The molecule has 0 saturated heterocycles. The van der Waals surface area contributed by atoms with Crippen molar-refractivity contribution in [1.29, 1.82) is 0 Å². The van der Waals surface area contributed by atoms with Gasteiger partial charge in [-0.15, -0.1) is 0 Å². The van der Waals surface area contributed by atoms with Gasteiger partial charge >= 0.3 is 0 Å². The number of nitrogens with zero attached hydrogens (tertiary/aromatic N) is 3. The molecule has 0 aliphatic carbocycles. The Morgan fingerprint density at radius 1 is 0.960 bits per heavy atom. The number of quaternary nitrogens is 3. The van der Waals surface area contributed by atoms with Crippen LogP contribution in [0, 0.1) is 22.3 Å². The summed E-state index contributed by atoms with van der Waals surface area (Å²) in [7, 11) is 14.6. The van der Waals surface area contributed by atoms with Gasteiger partial charge in [-0.05, 0) is 6.92 Å². The number of hydrogen-bond acceptors (Lipinski definition) is 2. The molecule has 0 heterocycles. The van der Waals surface area contributed by atoms with Gasteiger partial charge in [0.1, 0.15) is 13.1 Å². The van der Waals surface area contributed by atoms with Crippen molar-refractivity contribution >= 4 is 5.91 Å². The van der Waals surface area contributed by atoms with Crippen molar-refractivity contribution in [3.05, 3.63) is 34.4 Å². The summed E-state index contributed by atoms with van der Waals surface area (Å²) in [4.78, 5) is 11.6. The molecule has 1 atom stereocenters. The average Bonchev–Trinajstić information content (AvgIpc) is 2.19. The molecule has 0 radical (unpaired) electrons. The Labute approximate surface area is 158 Å². The number of hydrogen-bond donors (Lipinski definition) is 2. The van der Waals surface area contributed by atoms with E-state index < -0.39 is 0 Å². The van der Waals surface area contributed by atoms with Gasteiger partial charge in [-0.2, -0.15) is 0 Å². The minimum absolute atomic E-state index is 0. The van der Waals surface area contributed by atoms with Gasteiger partial charge in [0, 0.05) is 5.57 Å². The molecule has 154 valence electrons. The standard InChI is InChI=1S/C16H36N4O2.3CH3/c1-14(2)16(22)17-12-20(8,9)13-19(6,7)11-15(21)10-18(3,4)5;;;/h15,21H,1,10-13H2,2-9H3;3*1H3/q+2;3*-1/p+1. The molecule has 0 bridgehead atoms. The number of carbonyl (C=O) groups is 1. The van der Waals surface area contributed by atoms with Gasteiger partial charge in [-0.25, -0.2) is 0 Å². The van der Waals surface area contributed by atoms with Crippen molar-refractivity contribution < 1.29 is 23.4 Å². The third-order valence-electron chi connectivity index (χ3n) is 3.28. The second-order valence-corrected chi connectivity index (χ2v) is 8.77. The topological polar surface area (TPSA) is 49.3 Å². The maximum absolute atomic E-state index is 11.6. The van der Waals surface area contributed by atoms with Crippen molar-refractivity contribution in [3.63, 3.8) is 0 Å². The van der Waals surface area contributed by atoms with Crippen LogP contribution in [0.25, 0.3) is 0 Å². The first-order valence-corrected chi connectivity index (χ1v) is 7.70. The highest BCUT2D eigenvalue weighted by molar-refractivity contribution is 5.91. The third-order valence-corrected chi connectivity index (χ3v) is 3.28. The predicted octanol–water partition coefficient (Wildman–Crippen LogP) is 1.16. The molecule has 1 amide bonds. The normalized spacial score (nSPS) is 12.8. The van der Waals surface area contributed by atoms with Crippen molar-refractivity contribution in [1.82, 2.24) is 5.32 Å². The van der Waals surface area contributed by atoms with Crippen molar-refractivity contribution in [2.45, 2.75) is 13.0 Å². The molecule has 6 nitrogen and oxygen atoms in total.